The Labute approximate surface area is 161 Å². The SMILES string of the molecule is COC(=O)/C=C1\CC[C@H](OCc2ccccc2)[C@H](C)N1Cc1ccccc1. The maximum absolute atomic E-state index is 11.8. The Hall–Kier alpha value is -2.59. The normalized spacial score (nSPS) is 21.3. The van der Waals surface area contributed by atoms with Crippen LogP contribution in [0.4, 0.5) is 0 Å². The summed E-state index contributed by atoms with van der Waals surface area (Å²) >= 11 is 0. The highest BCUT2D eigenvalue weighted by Gasteiger charge is 2.31. The Balaban J connectivity index is 1.74. The monoisotopic (exact) mass is 365 g/mol. The second-order valence-corrected chi connectivity index (χ2v) is 6.89. The van der Waals surface area contributed by atoms with Crippen LogP contribution in [0, 0.1) is 0 Å². The number of carbonyl (C=O) groups excluding carboxylic acids is 1. The molecule has 4 heteroatoms. The van der Waals surface area contributed by atoms with Gasteiger partial charge in [-0.3, -0.25) is 0 Å². The molecule has 2 atom stereocenters. The van der Waals surface area contributed by atoms with Crippen molar-refractivity contribution in [1.29, 1.82) is 0 Å². The molecule has 3 rings (SSSR count). The fourth-order valence-electron chi connectivity index (χ4n) is 3.51. The number of allylic oxidation sites excluding steroid dienone is 1. The van der Waals surface area contributed by atoms with Gasteiger partial charge in [0.2, 0.25) is 0 Å². The van der Waals surface area contributed by atoms with Gasteiger partial charge in [0.1, 0.15) is 0 Å². The van der Waals surface area contributed by atoms with Crippen LogP contribution in [0.15, 0.2) is 72.4 Å². The molecule has 0 saturated carbocycles. The first-order valence-electron chi connectivity index (χ1n) is 9.42. The van der Waals surface area contributed by atoms with Crippen LogP contribution in [0.5, 0.6) is 0 Å². The van der Waals surface area contributed by atoms with Crippen LogP contribution in [-0.4, -0.2) is 30.1 Å². The number of hydrogen-bond donors (Lipinski definition) is 0. The molecule has 0 aliphatic carbocycles. The molecule has 0 unspecified atom stereocenters. The quantitative estimate of drug-likeness (QED) is 0.565. The molecule has 1 aliphatic heterocycles. The lowest BCUT2D eigenvalue weighted by Gasteiger charge is -2.42. The second kappa shape index (κ2) is 9.38. The molecule has 0 bridgehead atoms. The zero-order chi connectivity index (χ0) is 19.1. The molecule has 1 fully saturated rings. The first-order chi connectivity index (χ1) is 13.2. The van der Waals surface area contributed by atoms with E-state index in [0.29, 0.717) is 6.61 Å². The molecular weight excluding hydrogens is 338 g/mol. The highest BCUT2D eigenvalue weighted by atomic mass is 16.5. The average Bonchev–Trinajstić information content (AvgIpc) is 2.71. The van der Waals surface area contributed by atoms with E-state index >= 15 is 0 Å². The minimum absolute atomic E-state index is 0.115. The number of carbonyl (C=O) groups is 1. The minimum Gasteiger partial charge on any atom is -0.466 e. The second-order valence-electron chi connectivity index (χ2n) is 6.89. The number of methoxy groups -OCH3 is 1. The molecule has 0 spiro atoms. The number of benzene rings is 2. The van der Waals surface area contributed by atoms with Crippen molar-refractivity contribution in [3.63, 3.8) is 0 Å². The van der Waals surface area contributed by atoms with Gasteiger partial charge >= 0.3 is 5.97 Å². The number of esters is 1. The Kier molecular flexibility index (Phi) is 6.66. The van der Waals surface area contributed by atoms with E-state index < -0.39 is 0 Å². The third-order valence-corrected chi connectivity index (χ3v) is 5.07. The lowest BCUT2D eigenvalue weighted by molar-refractivity contribution is -0.135. The Bertz CT molecular complexity index is 758. The van der Waals surface area contributed by atoms with Gasteiger partial charge in [-0.2, -0.15) is 0 Å². The van der Waals surface area contributed by atoms with E-state index in [9.17, 15) is 4.79 Å². The largest absolute Gasteiger partial charge is 0.466 e. The van der Waals surface area contributed by atoms with E-state index in [4.69, 9.17) is 9.47 Å². The van der Waals surface area contributed by atoms with Gasteiger partial charge in [-0.25, -0.2) is 4.79 Å². The molecule has 1 aliphatic rings. The Morgan fingerprint density at radius 2 is 1.70 bits per heavy atom. The van der Waals surface area contributed by atoms with Gasteiger partial charge in [0.15, 0.2) is 0 Å². The summed E-state index contributed by atoms with van der Waals surface area (Å²) in [6.07, 6.45) is 3.42. The Morgan fingerprint density at radius 3 is 2.33 bits per heavy atom. The fraction of sp³-hybridized carbons (Fsp3) is 0.348. The van der Waals surface area contributed by atoms with Gasteiger partial charge in [0, 0.05) is 18.3 Å². The van der Waals surface area contributed by atoms with Gasteiger partial charge in [-0.15, -0.1) is 0 Å². The number of piperidine rings is 1. The summed E-state index contributed by atoms with van der Waals surface area (Å²) in [5.41, 5.74) is 3.40. The zero-order valence-electron chi connectivity index (χ0n) is 16.0. The van der Waals surface area contributed by atoms with Crippen molar-refractivity contribution < 1.29 is 14.3 Å². The van der Waals surface area contributed by atoms with Crippen molar-refractivity contribution in [3.05, 3.63) is 83.6 Å². The summed E-state index contributed by atoms with van der Waals surface area (Å²) in [6.45, 7) is 3.52. The number of rotatable bonds is 6. The maximum atomic E-state index is 11.8. The van der Waals surface area contributed by atoms with Crippen molar-refractivity contribution >= 4 is 5.97 Å². The summed E-state index contributed by atoms with van der Waals surface area (Å²) in [5, 5.41) is 0. The summed E-state index contributed by atoms with van der Waals surface area (Å²) in [6, 6.07) is 20.7. The van der Waals surface area contributed by atoms with Gasteiger partial charge in [0.25, 0.3) is 0 Å². The maximum Gasteiger partial charge on any atom is 0.332 e. The summed E-state index contributed by atoms with van der Waals surface area (Å²) in [4.78, 5) is 14.1. The molecule has 0 radical (unpaired) electrons. The molecular formula is C23H27NO3. The number of ether oxygens (including phenoxy) is 2. The highest BCUT2D eigenvalue weighted by molar-refractivity contribution is 5.82. The lowest BCUT2D eigenvalue weighted by atomic mass is 9.96. The molecule has 4 nitrogen and oxygen atoms in total. The summed E-state index contributed by atoms with van der Waals surface area (Å²) < 4.78 is 11.1. The van der Waals surface area contributed by atoms with E-state index in [1.807, 2.05) is 36.4 Å². The van der Waals surface area contributed by atoms with Crippen molar-refractivity contribution in [2.75, 3.05) is 7.11 Å². The molecule has 0 N–H and O–H groups in total. The van der Waals surface area contributed by atoms with E-state index in [1.54, 1.807) is 6.08 Å². The third kappa shape index (κ3) is 5.20. The molecule has 142 valence electrons. The predicted molar refractivity (Wildman–Crippen MR) is 106 cm³/mol. The molecule has 0 aromatic heterocycles. The molecule has 2 aromatic rings. The standard InChI is InChI=1S/C23H27NO3/c1-18-22(27-17-20-11-7-4-8-12-20)14-13-21(15-23(25)26-2)24(18)16-19-9-5-3-6-10-19/h3-12,15,18,22H,13-14,16-17H2,1-2H3/b21-15+/t18-,22-/m0/s1. The van der Waals surface area contributed by atoms with E-state index in [2.05, 4.69) is 36.1 Å². The number of hydrogen-bond acceptors (Lipinski definition) is 4. The summed E-state index contributed by atoms with van der Waals surface area (Å²) in [7, 11) is 1.42. The van der Waals surface area contributed by atoms with Crippen molar-refractivity contribution in [2.45, 2.75) is 45.1 Å². The van der Waals surface area contributed by atoms with Crippen LogP contribution in [0.1, 0.15) is 30.9 Å². The minimum atomic E-state index is -0.307. The Morgan fingerprint density at radius 1 is 1.07 bits per heavy atom. The van der Waals surface area contributed by atoms with Crippen LogP contribution in [-0.2, 0) is 27.4 Å². The number of likely N-dealkylation sites (tertiary alicyclic amines) is 1. The average molecular weight is 365 g/mol. The smallest absolute Gasteiger partial charge is 0.332 e. The van der Waals surface area contributed by atoms with E-state index in [1.165, 1.54) is 18.2 Å². The van der Waals surface area contributed by atoms with E-state index in [-0.39, 0.29) is 18.1 Å². The van der Waals surface area contributed by atoms with Crippen LogP contribution in [0.25, 0.3) is 0 Å². The molecule has 27 heavy (non-hydrogen) atoms. The van der Waals surface area contributed by atoms with Crippen LogP contribution < -0.4 is 0 Å². The van der Waals surface area contributed by atoms with Gasteiger partial charge < -0.3 is 14.4 Å². The van der Waals surface area contributed by atoms with Crippen LogP contribution in [0.3, 0.4) is 0 Å². The van der Waals surface area contributed by atoms with Gasteiger partial charge in [0.05, 0.1) is 25.9 Å². The summed E-state index contributed by atoms with van der Waals surface area (Å²) in [5.74, 6) is -0.307. The predicted octanol–water partition coefficient (Wildman–Crippen LogP) is 4.31. The molecule has 1 heterocycles. The number of nitrogens with zero attached hydrogens (tertiary/aromatic N) is 1. The third-order valence-electron chi connectivity index (χ3n) is 5.07. The molecule has 0 amide bonds. The molecule has 2 aromatic carbocycles. The van der Waals surface area contributed by atoms with Crippen molar-refractivity contribution in [1.82, 2.24) is 4.90 Å². The zero-order valence-corrected chi connectivity index (χ0v) is 16.0. The van der Waals surface area contributed by atoms with Gasteiger partial charge in [-0.05, 0) is 30.9 Å². The highest BCUT2D eigenvalue weighted by Crippen LogP contribution is 2.30. The lowest BCUT2D eigenvalue weighted by Crippen LogP contribution is -2.46. The fourth-order valence-corrected chi connectivity index (χ4v) is 3.51. The van der Waals surface area contributed by atoms with Crippen molar-refractivity contribution in [3.8, 4) is 0 Å². The molecule has 1 saturated heterocycles. The van der Waals surface area contributed by atoms with Crippen LogP contribution >= 0.6 is 0 Å². The first kappa shape index (κ1) is 19.2. The first-order valence-corrected chi connectivity index (χ1v) is 9.42. The van der Waals surface area contributed by atoms with E-state index in [0.717, 1.165) is 25.1 Å². The van der Waals surface area contributed by atoms with Gasteiger partial charge in [-0.1, -0.05) is 60.7 Å². The van der Waals surface area contributed by atoms with Crippen molar-refractivity contribution in [2.24, 2.45) is 0 Å². The van der Waals surface area contributed by atoms with Crippen LogP contribution in [0.2, 0.25) is 0 Å². The topological polar surface area (TPSA) is 38.8 Å².